The van der Waals surface area contributed by atoms with Crippen molar-refractivity contribution in [3.05, 3.63) is 69.6 Å². The van der Waals surface area contributed by atoms with Gasteiger partial charge >= 0.3 is 5.63 Å². The summed E-state index contributed by atoms with van der Waals surface area (Å²) in [6, 6.07) is 12.6. The number of nitrogens with zero attached hydrogens (tertiary/aromatic N) is 1. The van der Waals surface area contributed by atoms with Crippen molar-refractivity contribution in [2.75, 3.05) is 25.5 Å². The summed E-state index contributed by atoms with van der Waals surface area (Å²) in [5.74, 6) is 0.620. The first-order chi connectivity index (χ1) is 13.9. The van der Waals surface area contributed by atoms with E-state index >= 15 is 0 Å². The molecule has 1 N–H and O–H groups in total. The summed E-state index contributed by atoms with van der Waals surface area (Å²) in [5, 5.41) is 3.80. The molecule has 0 spiro atoms. The lowest BCUT2D eigenvalue weighted by Gasteiger charge is -2.21. The summed E-state index contributed by atoms with van der Waals surface area (Å²) in [6.45, 7) is 7.38. The van der Waals surface area contributed by atoms with Crippen LogP contribution in [0.2, 0.25) is 0 Å². The maximum absolute atomic E-state index is 12.5. The Hall–Kier alpha value is -3.12. The van der Waals surface area contributed by atoms with E-state index in [0.29, 0.717) is 24.4 Å². The number of hydrogen-bond acceptors (Lipinski definition) is 5. The van der Waals surface area contributed by atoms with Crippen molar-refractivity contribution in [1.29, 1.82) is 0 Å². The number of anilines is 1. The number of ether oxygens (including phenoxy) is 1. The van der Waals surface area contributed by atoms with Gasteiger partial charge < -0.3 is 14.5 Å². The van der Waals surface area contributed by atoms with E-state index in [9.17, 15) is 9.59 Å². The minimum absolute atomic E-state index is 0.115. The SMILES string of the molecule is CCN(CC(=O)Nc1ccc(OC)cc1)Cc1cc(=O)oc2cc(C)c(C)cc12. The zero-order valence-electron chi connectivity index (χ0n) is 17.2. The first kappa shape index (κ1) is 20.6. The molecule has 0 radical (unpaired) electrons. The number of carbonyl (C=O) groups is 1. The van der Waals surface area contributed by atoms with Crippen molar-refractivity contribution < 1.29 is 13.9 Å². The maximum atomic E-state index is 12.5. The third-order valence-electron chi connectivity index (χ3n) is 5.03. The number of rotatable bonds is 7. The number of methoxy groups -OCH3 is 1. The van der Waals surface area contributed by atoms with Crippen LogP contribution in [-0.2, 0) is 11.3 Å². The average molecular weight is 394 g/mol. The van der Waals surface area contributed by atoms with Crippen LogP contribution in [0.5, 0.6) is 5.75 Å². The second kappa shape index (κ2) is 8.92. The van der Waals surface area contributed by atoms with E-state index in [1.54, 1.807) is 31.4 Å². The van der Waals surface area contributed by atoms with E-state index in [1.165, 1.54) is 6.07 Å². The molecule has 0 fully saturated rings. The maximum Gasteiger partial charge on any atom is 0.336 e. The van der Waals surface area contributed by atoms with Crippen molar-refractivity contribution in [2.45, 2.75) is 27.3 Å². The standard InChI is InChI=1S/C23H26N2O4/c1-5-25(14-22(26)24-18-6-8-19(28-4)9-7-18)13-17-12-23(27)29-21-11-16(3)15(2)10-20(17)21/h6-12H,5,13-14H2,1-4H3,(H,24,26). The molecule has 6 heteroatoms. The molecule has 6 nitrogen and oxygen atoms in total. The third-order valence-corrected chi connectivity index (χ3v) is 5.03. The summed E-state index contributed by atoms with van der Waals surface area (Å²) >= 11 is 0. The van der Waals surface area contributed by atoms with Gasteiger partial charge in [-0.05, 0) is 73.5 Å². The molecule has 1 heterocycles. The van der Waals surface area contributed by atoms with Crippen LogP contribution in [0.25, 0.3) is 11.0 Å². The fourth-order valence-electron chi connectivity index (χ4n) is 3.21. The van der Waals surface area contributed by atoms with Gasteiger partial charge in [-0.15, -0.1) is 0 Å². The van der Waals surface area contributed by atoms with E-state index in [1.807, 2.05) is 37.8 Å². The fraction of sp³-hybridized carbons (Fsp3) is 0.304. The molecule has 1 amide bonds. The highest BCUT2D eigenvalue weighted by molar-refractivity contribution is 5.92. The topological polar surface area (TPSA) is 71.8 Å². The molecule has 0 saturated heterocycles. The van der Waals surface area contributed by atoms with Crippen LogP contribution < -0.4 is 15.7 Å². The van der Waals surface area contributed by atoms with Gasteiger partial charge in [0.1, 0.15) is 11.3 Å². The zero-order chi connectivity index (χ0) is 21.0. The predicted molar refractivity (Wildman–Crippen MR) is 115 cm³/mol. The van der Waals surface area contributed by atoms with Gasteiger partial charge in [0.25, 0.3) is 0 Å². The van der Waals surface area contributed by atoms with Crippen LogP contribution in [0, 0.1) is 13.8 Å². The van der Waals surface area contributed by atoms with E-state index in [2.05, 4.69) is 5.32 Å². The van der Waals surface area contributed by atoms with Gasteiger partial charge in [-0.25, -0.2) is 4.79 Å². The van der Waals surface area contributed by atoms with E-state index < -0.39 is 0 Å². The number of aryl methyl sites for hydroxylation is 2. The zero-order valence-corrected chi connectivity index (χ0v) is 17.2. The molecule has 1 aromatic heterocycles. The van der Waals surface area contributed by atoms with Crippen molar-refractivity contribution in [1.82, 2.24) is 4.90 Å². The van der Waals surface area contributed by atoms with Crippen molar-refractivity contribution in [3.8, 4) is 5.75 Å². The second-order valence-corrected chi connectivity index (χ2v) is 7.10. The van der Waals surface area contributed by atoms with Gasteiger partial charge in [0.15, 0.2) is 0 Å². The minimum atomic E-state index is -0.380. The van der Waals surface area contributed by atoms with Crippen molar-refractivity contribution in [2.24, 2.45) is 0 Å². The molecule has 2 aromatic carbocycles. The Morgan fingerprint density at radius 2 is 1.79 bits per heavy atom. The smallest absolute Gasteiger partial charge is 0.336 e. The number of fused-ring (bicyclic) bond motifs is 1. The molecule has 29 heavy (non-hydrogen) atoms. The predicted octanol–water partition coefficient (Wildman–Crippen LogP) is 3.88. The monoisotopic (exact) mass is 394 g/mol. The van der Waals surface area contributed by atoms with Crippen molar-refractivity contribution in [3.63, 3.8) is 0 Å². The lowest BCUT2D eigenvalue weighted by Crippen LogP contribution is -2.33. The summed E-state index contributed by atoms with van der Waals surface area (Å²) in [4.78, 5) is 26.5. The average Bonchev–Trinajstić information content (AvgIpc) is 2.69. The Bertz CT molecular complexity index is 1070. The Labute approximate surface area is 170 Å². The summed E-state index contributed by atoms with van der Waals surface area (Å²) in [7, 11) is 1.60. The molecular formula is C23H26N2O4. The second-order valence-electron chi connectivity index (χ2n) is 7.10. The van der Waals surface area contributed by atoms with Gasteiger partial charge in [-0.1, -0.05) is 6.92 Å². The van der Waals surface area contributed by atoms with Crippen LogP contribution in [0.3, 0.4) is 0 Å². The van der Waals surface area contributed by atoms with Crippen LogP contribution in [0.4, 0.5) is 5.69 Å². The van der Waals surface area contributed by atoms with Gasteiger partial charge in [0.2, 0.25) is 5.91 Å². The summed E-state index contributed by atoms with van der Waals surface area (Å²) in [6.07, 6.45) is 0. The van der Waals surface area contributed by atoms with Crippen LogP contribution in [-0.4, -0.2) is 31.0 Å². The van der Waals surface area contributed by atoms with Crippen LogP contribution >= 0.6 is 0 Å². The molecule has 0 aliphatic heterocycles. The molecule has 0 bridgehead atoms. The van der Waals surface area contributed by atoms with E-state index in [-0.39, 0.29) is 18.1 Å². The number of benzene rings is 2. The van der Waals surface area contributed by atoms with Gasteiger partial charge in [0, 0.05) is 23.7 Å². The summed E-state index contributed by atoms with van der Waals surface area (Å²) < 4.78 is 10.5. The number of nitrogens with one attached hydrogen (secondary N) is 1. The van der Waals surface area contributed by atoms with E-state index in [4.69, 9.17) is 9.15 Å². The van der Waals surface area contributed by atoms with Gasteiger partial charge in [-0.3, -0.25) is 9.69 Å². The number of likely N-dealkylation sites (N-methyl/N-ethyl adjacent to an activating group) is 1. The Morgan fingerprint density at radius 1 is 1.10 bits per heavy atom. The molecule has 3 rings (SSSR count). The first-order valence-electron chi connectivity index (χ1n) is 9.60. The molecule has 0 aliphatic rings. The molecular weight excluding hydrogens is 368 g/mol. The highest BCUT2D eigenvalue weighted by Crippen LogP contribution is 2.23. The molecule has 3 aromatic rings. The highest BCUT2D eigenvalue weighted by atomic mass is 16.5. The summed E-state index contributed by atoms with van der Waals surface area (Å²) in [5.41, 5.74) is 3.97. The molecule has 0 atom stereocenters. The normalized spacial score (nSPS) is 11.1. The van der Waals surface area contributed by atoms with Gasteiger partial charge in [0.05, 0.1) is 13.7 Å². The molecule has 152 valence electrons. The molecule has 0 aliphatic carbocycles. The Balaban J connectivity index is 1.76. The molecule has 0 saturated carbocycles. The van der Waals surface area contributed by atoms with Crippen LogP contribution in [0.1, 0.15) is 23.6 Å². The molecule has 0 unspecified atom stereocenters. The van der Waals surface area contributed by atoms with E-state index in [0.717, 1.165) is 27.8 Å². The first-order valence-corrected chi connectivity index (χ1v) is 9.60. The highest BCUT2D eigenvalue weighted by Gasteiger charge is 2.14. The number of carbonyl (C=O) groups excluding carboxylic acids is 1. The lowest BCUT2D eigenvalue weighted by atomic mass is 10.0. The third kappa shape index (κ3) is 5.03. The Kier molecular flexibility index (Phi) is 6.34. The Morgan fingerprint density at radius 3 is 2.45 bits per heavy atom. The minimum Gasteiger partial charge on any atom is -0.497 e. The van der Waals surface area contributed by atoms with Gasteiger partial charge in [-0.2, -0.15) is 0 Å². The largest absolute Gasteiger partial charge is 0.497 e. The quantitative estimate of drug-likeness (QED) is 0.616. The van der Waals surface area contributed by atoms with Crippen molar-refractivity contribution >= 4 is 22.6 Å². The fourth-order valence-corrected chi connectivity index (χ4v) is 3.21. The number of amides is 1. The number of hydrogen-bond donors (Lipinski definition) is 1. The lowest BCUT2D eigenvalue weighted by molar-refractivity contribution is -0.117. The van der Waals surface area contributed by atoms with Crippen LogP contribution in [0.15, 0.2) is 51.7 Å².